The maximum Gasteiger partial charge on any atom is 0.327 e. The molecule has 0 radical (unpaired) electrons. The number of hydrogen-bond acceptors (Lipinski definition) is 6. The van der Waals surface area contributed by atoms with Crippen molar-refractivity contribution >= 4 is 33.4 Å². The molecule has 0 spiro atoms. The fraction of sp³-hybridized carbons (Fsp3) is 0.333. The second kappa shape index (κ2) is 8.67. The van der Waals surface area contributed by atoms with Gasteiger partial charge in [-0.3, -0.25) is 9.80 Å². The van der Waals surface area contributed by atoms with Crippen LogP contribution in [0.2, 0.25) is 0 Å². The van der Waals surface area contributed by atoms with Gasteiger partial charge in [-0.05, 0) is 35.7 Å². The number of amides is 2. The van der Waals surface area contributed by atoms with E-state index in [2.05, 4.69) is 19.2 Å². The van der Waals surface area contributed by atoms with Gasteiger partial charge in [0.2, 0.25) is 10.0 Å². The molecule has 2 amide bonds. The summed E-state index contributed by atoms with van der Waals surface area (Å²) in [6, 6.07) is 15.9. The molecule has 0 saturated carbocycles. The Bertz CT molecular complexity index is 1350. The van der Waals surface area contributed by atoms with Gasteiger partial charge >= 0.3 is 6.03 Å². The maximum atomic E-state index is 13.3. The van der Waals surface area contributed by atoms with Crippen molar-refractivity contribution < 1.29 is 17.9 Å². The number of rotatable bonds is 7. The molecule has 2 aliphatic rings. The van der Waals surface area contributed by atoms with Crippen molar-refractivity contribution in [3.8, 4) is 0 Å². The first kappa shape index (κ1) is 23.3. The summed E-state index contributed by atoms with van der Waals surface area (Å²) in [5.74, 6) is 1.53. The van der Waals surface area contributed by atoms with Crippen LogP contribution < -0.4 is 15.4 Å². The smallest absolute Gasteiger partial charge is 0.327 e. The molecular weight excluding hydrogens is 468 g/mol. The van der Waals surface area contributed by atoms with Gasteiger partial charge < -0.3 is 10.1 Å². The number of hydrogen-bond donors (Lipinski definition) is 2. The average molecular weight is 497 g/mol. The monoisotopic (exact) mass is 496 g/mol. The molecule has 1 fully saturated rings. The lowest BCUT2D eigenvalue weighted by Crippen LogP contribution is -2.43. The summed E-state index contributed by atoms with van der Waals surface area (Å²) < 4.78 is 31.0. The van der Waals surface area contributed by atoms with Crippen LogP contribution in [-0.4, -0.2) is 48.9 Å². The fourth-order valence-electron chi connectivity index (χ4n) is 4.32. The van der Waals surface area contributed by atoms with Crippen molar-refractivity contribution in [2.24, 2.45) is 11.1 Å². The van der Waals surface area contributed by atoms with E-state index in [0.29, 0.717) is 18.9 Å². The number of benzene rings is 2. The summed E-state index contributed by atoms with van der Waals surface area (Å²) in [7, 11) is -2.03. The Morgan fingerprint density at radius 3 is 2.43 bits per heavy atom. The standard InChI is InChI=1S/C24H28N6O4S/c1-15(2)13-29-22-19(20-23(34-20)28(3)24(29)31)21(26-17-7-5-4-6-8-17)30(27-22)14-16-9-11-18(12-10-16)35(25,32)33/h4-12,15,20,23,26H,13-14H2,1-3H3,(H2,25,32,33). The Kier molecular flexibility index (Phi) is 5.78. The number of para-hydroxylation sites is 1. The highest BCUT2D eigenvalue weighted by Gasteiger charge is 2.54. The molecule has 1 aromatic heterocycles. The van der Waals surface area contributed by atoms with Gasteiger partial charge in [0.05, 0.1) is 17.0 Å². The van der Waals surface area contributed by atoms with E-state index in [0.717, 1.165) is 22.6 Å². The van der Waals surface area contributed by atoms with Gasteiger partial charge in [-0.25, -0.2) is 23.0 Å². The third kappa shape index (κ3) is 4.49. The van der Waals surface area contributed by atoms with Crippen LogP contribution in [0.4, 0.5) is 22.1 Å². The van der Waals surface area contributed by atoms with E-state index in [1.807, 2.05) is 30.3 Å². The minimum Gasteiger partial charge on any atom is -0.342 e. The minimum atomic E-state index is -3.78. The lowest BCUT2D eigenvalue weighted by Gasteiger charge is -2.26. The van der Waals surface area contributed by atoms with Crippen LogP contribution in [0.5, 0.6) is 0 Å². The predicted octanol–water partition coefficient (Wildman–Crippen LogP) is 3.25. The first-order valence-electron chi connectivity index (χ1n) is 11.4. The molecule has 3 heterocycles. The van der Waals surface area contributed by atoms with Gasteiger partial charge in [0.15, 0.2) is 12.0 Å². The van der Waals surface area contributed by atoms with E-state index in [1.165, 1.54) is 12.1 Å². The lowest BCUT2D eigenvalue weighted by atomic mass is 10.1. The van der Waals surface area contributed by atoms with Gasteiger partial charge in [-0.15, -0.1) is 0 Å². The van der Waals surface area contributed by atoms with Crippen molar-refractivity contribution in [1.82, 2.24) is 14.7 Å². The lowest BCUT2D eigenvalue weighted by molar-refractivity contribution is 0.187. The van der Waals surface area contributed by atoms with Crippen molar-refractivity contribution in [2.75, 3.05) is 23.8 Å². The van der Waals surface area contributed by atoms with Crippen molar-refractivity contribution in [3.63, 3.8) is 0 Å². The summed E-state index contributed by atoms with van der Waals surface area (Å²) in [5.41, 5.74) is 2.54. The molecular formula is C24H28N6O4S. The molecule has 3 N–H and O–H groups in total. The highest BCUT2D eigenvalue weighted by Crippen LogP contribution is 2.51. The minimum absolute atomic E-state index is 0.0473. The number of nitrogens with zero attached hydrogens (tertiary/aromatic N) is 4. The second-order valence-corrected chi connectivity index (χ2v) is 10.8. The van der Waals surface area contributed by atoms with Gasteiger partial charge in [0.25, 0.3) is 0 Å². The Balaban J connectivity index is 1.60. The summed E-state index contributed by atoms with van der Waals surface area (Å²) in [6.07, 6.45) is -0.637. The number of fused-ring (bicyclic) bond motifs is 3. The highest BCUT2D eigenvalue weighted by atomic mass is 32.2. The number of nitrogens with one attached hydrogen (secondary N) is 1. The van der Waals surface area contributed by atoms with Gasteiger partial charge in [0, 0.05) is 19.3 Å². The molecule has 10 nitrogen and oxygen atoms in total. The number of epoxide rings is 1. The number of likely N-dealkylation sites (N-methyl/N-ethyl adjacent to an activating group) is 1. The molecule has 2 aliphatic heterocycles. The fourth-order valence-corrected chi connectivity index (χ4v) is 4.83. The van der Waals surface area contributed by atoms with E-state index in [-0.39, 0.29) is 29.2 Å². The maximum absolute atomic E-state index is 13.3. The van der Waals surface area contributed by atoms with E-state index < -0.39 is 10.0 Å². The Labute approximate surface area is 204 Å². The van der Waals surface area contributed by atoms with Crippen LogP contribution in [0.25, 0.3) is 0 Å². The number of sulfonamides is 1. The highest BCUT2D eigenvalue weighted by molar-refractivity contribution is 7.89. The quantitative estimate of drug-likeness (QED) is 0.484. The molecule has 11 heteroatoms. The third-order valence-corrected chi connectivity index (χ3v) is 6.99. The molecule has 5 rings (SSSR count). The molecule has 0 aliphatic carbocycles. The normalized spacial score (nSPS) is 19.4. The largest absolute Gasteiger partial charge is 0.342 e. The number of urea groups is 1. The number of ether oxygens (including phenoxy) is 1. The first-order valence-corrected chi connectivity index (χ1v) is 12.9. The van der Waals surface area contributed by atoms with Crippen LogP contribution in [0, 0.1) is 5.92 Å². The SMILES string of the molecule is CC(C)CN1C(=O)N(C)C2OC2c2c1nn(Cc1ccc(S(N)(=O)=O)cc1)c2Nc1ccccc1. The summed E-state index contributed by atoms with van der Waals surface area (Å²) in [6.45, 7) is 4.98. The Morgan fingerprint density at radius 1 is 1.11 bits per heavy atom. The Hall–Kier alpha value is -3.41. The number of primary sulfonamides is 1. The summed E-state index contributed by atoms with van der Waals surface area (Å²) in [5, 5.41) is 13.6. The topological polar surface area (TPSA) is 126 Å². The van der Waals surface area contributed by atoms with E-state index >= 15 is 0 Å². The number of anilines is 3. The predicted molar refractivity (Wildman–Crippen MR) is 132 cm³/mol. The van der Waals surface area contributed by atoms with Gasteiger partial charge in [-0.1, -0.05) is 44.2 Å². The number of nitrogens with two attached hydrogens (primary N) is 1. The summed E-state index contributed by atoms with van der Waals surface area (Å²) in [4.78, 5) is 16.7. The van der Waals surface area contributed by atoms with Crippen LogP contribution in [0.3, 0.4) is 0 Å². The van der Waals surface area contributed by atoms with Crippen LogP contribution in [-0.2, 0) is 21.3 Å². The molecule has 0 bridgehead atoms. The van der Waals surface area contributed by atoms with E-state index in [1.54, 1.807) is 33.7 Å². The number of carbonyl (C=O) groups is 1. The van der Waals surface area contributed by atoms with E-state index in [9.17, 15) is 13.2 Å². The van der Waals surface area contributed by atoms with Crippen LogP contribution in [0.1, 0.15) is 31.1 Å². The second-order valence-electron chi connectivity index (χ2n) is 9.27. The molecule has 35 heavy (non-hydrogen) atoms. The molecule has 2 atom stereocenters. The van der Waals surface area contributed by atoms with Crippen LogP contribution in [0.15, 0.2) is 59.5 Å². The average Bonchev–Trinajstić information content (AvgIpc) is 3.54. The Morgan fingerprint density at radius 2 is 1.80 bits per heavy atom. The zero-order valence-corrected chi connectivity index (χ0v) is 20.6. The van der Waals surface area contributed by atoms with Crippen LogP contribution >= 0.6 is 0 Å². The van der Waals surface area contributed by atoms with Crippen molar-refractivity contribution in [3.05, 3.63) is 65.7 Å². The van der Waals surface area contributed by atoms with Crippen molar-refractivity contribution in [1.29, 1.82) is 0 Å². The van der Waals surface area contributed by atoms with E-state index in [4.69, 9.17) is 15.0 Å². The van der Waals surface area contributed by atoms with Crippen molar-refractivity contribution in [2.45, 2.75) is 37.6 Å². The molecule has 3 aromatic rings. The molecule has 2 aromatic carbocycles. The zero-order valence-electron chi connectivity index (χ0n) is 19.7. The van der Waals surface area contributed by atoms with Gasteiger partial charge in [0.1, 0.15) is 11.9 Å². The summed E-state index contributed by atoms with van der Waals surface area (Å²) >= 11 is 0. The zero-order chi connectivity index (χ0) is 24.9. The van der Waals surface area contributed by atoms with Gasteiger partial charge in [-0.2, -0.15) is 5.10 Å². The third-order valence-electron chi connectivity index (χ3n) is 6.06. The molecule has 2 unspecified atom stereocenters. The molecule has 184 valence electrons. The first-order chi connectivity index (χ1) is 16.6. The number of carbonyl (C=O) groups excluding carboxylic acids is 1. The number of aromatic nitrogens is 2. The molecule has 1 saturated heterocycles.